The third kappa shape index (κ3) is 6.28. The van der Waals surface area contributed by atoms with E-state index < -0.39 is 0 Å². The van der Waals surface area contributed by atoms with E-state index in [1.165, 1.54) is 0 Å². The second kappa shape index (κ2) is 11.8. The molecule has 1 heterocycles. The number of para-hydroxylation sites is 3. The van der Waals surface area contributed by atoms with Gasteiger partial charge in [-0.1, -0.05) is 49.2 Å². The number of methoxy groups -OCH3 is 1. The number of hydrogen-bond donors (Lipinski definition) is 2. The van der Waals surface area contributed by atoms with Gasteiger partial charge in [-0.3, -0.25) is 19.8 Å². The molecule has 2 amide bonds. The van der Waals surface area contributed by atoms with Crippen LogP contribution in [-0.4, -0.2) is 29.1 Å². The lowest BCUT2D eigenvalue weighted by Gasteiger charge is -2.24. The summed E-state index contributed by atoms with van der Waals surface area (Å²) in [5.74, 6) is 0.250. The van der Waals surface area contributed by atoms with Crippen molar-refractivity contribution in [2.24, 2.45) is 0 Å². The molecule has 0 aliphatic rings. The summed E-state index contributed by atoms with van der Waals surface area (Å²) in [6, 6.07) is 19.4. The van der Waals surface area contributed by atoms with Crippen LogP contribution in [0.2, 0.25) is 0 Å². The maximum atomic E-state index is 13.2. The number of fused-ring (bicyclic) bond motifs is 1. The molecule has 168 valence electrons. The summed E-state index contributed by atoms with van der Waals surface area (Å²) in [6.07, 6.45) is 3.72. The molecule has 3 aromatic rings. The number of nitrogens with one attached hydrogen (secondary N) is 1. The van der Waals surface area contributed by atoms with Crippen LogP contribution in [0, 0.1) is 0 Å². The van der Waals surface area contributed by atoms with Crippen molar-refractivity contribution in [2.45, 2.75) is 45.1 Å². The zero-order valence-electron chi connectivity index (χ0n) is 18.3. The van der Waals surface area contributed by atoms with Crippen LogP contribution in [0.4, 0.5) is 5.69 Å². The molecule has 0 radical (unpaired) electrons. The van der Waals surface area contributed by atoms with Gasteiger partial charge >= 0.3 is 0 Å². The molecule has 0 atom stereocenters. The Morgan fingerprint density at radius 2 is 1.66 bits per heavy atom. The van der Waals surface area contributed by atoms with Crippen LogP contribution in [0.3, 0.4) is 0 Å². The summed E-state index contributed by atoms with van der Waals surface area (Å²) >= 11 is 0. The average Bonchev–Trinajstić information content (AvgIpc) is 2.84. The molecular formula is C25H29N3O4. The molecule has 0 saturated heterocycles. The quantitative estimate of drug-likeness (QED) is 0.260. The van der Waals surface area contributed by atoms with Gasteiger partial charge in [0.05, 0.1) is 30.6 Å². The van der Waals surface area contributed by atoms with Gasteiger partial charge in [-0.25, -0.2) is 5.48 Å². The predicted molar refractivity (Wildman–Crippen MR) is 124 cm³/mol. The molecule has 0 saturated carbocycles. The number of rotatable bonds is 11. The number of carbonyl (C=O) groups is 2. The monoisotopic (exact) mass is 435 g/mol. The lowest BCUT2D eigenvalue weighted by Crippen LogP contribution is -2.31. The highest BCUT2D eigenvalue weighted by Crippen LogP contribution is 2.30. The van der Waals surface area contributed by atoms with Crippen LogP contribution in [0.1, 0.15) is 44.2 Å². The molecule has 0 bridgehead atoms. The predicted octanol–water partition coefficient (Wildman–Crippen LogP) is 4.62. The number of aromatic nitrogens is 1. The number of amides is 2. The molecule has 0 spiro atoms. The van der Waals surface area contributed by atoms with E-state index in [2.05, 4.69) is 0 Å². The second-order valence-corrected chi connectivity index (χ2v) is 7.60. The Hall–Kier alpha value is -3.45. The van der Waals surface area contributed by atoms with Crippen molar-refractivity contribution in [1.82, 2.24) is 10.5 Å². The number of carbonyl (C=O) groups excluding carboxylic acids is 2. The first-order valence-corrected chi connectivity index (χ1v) is 10.8. The number of hydroxylamine groups is 1. The summed E-state index contributed by atoms with van der Waals surface area (Å²) in [4.78, 5) is 30.7. The Labute approximate surface area is 188 Å². The van der Waals surface area contributed by atoms with Crippen LogP contribution in [0.15, 0.2) is 60.7 Å². The summed E-state index contributed by atoms with van der Waals surface area (Å²) < 4.78 is 5.50. The van der Waals surface area contributed by atoms with Crippen LogP contribution in [-0.2, 0) is 16.1 Å². The van der Waals surface area contributed by atoms with Crippen molar-refractivity contribution in [3.05, 3.63) is 66.4 Å². The van der Waals surface area contributed by atoms with Gasteiger partial charge in [-0.05, 0) is 37.1 Å². The zero-order chi connectivity index (χ0) is 22.8. The van der Waals surface area contributed by atoms with Gasteiger partial charge < -0.3 is 9.64 Å². The first-order valence-electron chi connectivity index (χ1n) is 10.8. The minimum Gasteiger partial charge on any atom is -0.495 e. The third-order valence-electron chi connectivity index (χ3n) is 5.32. The molecular weight excluding hydrogens is 406 g/mol. The van der Waals surface area contributed by atoms with Crippen LogP contribution >= 0.6 is 0 Å². The number of hydrogen-bond acceptors (Lipinski definition) is 5. The van der Waals surface area contributed by atoms with Gasteiger partial charge in [-0.15, -0.1) is 0 Å². The first-order chi connectivity index (χ1) is 15.6. The van der Waals surface area contributed by atoms with Crippen LogP contribution < -0.4 is 15.1 Å². The number of pyridine rings is 1. The molecule has 0 aliphatic carbocycles. The first kappa shape index (κ1) is 23.2. The average molecular weight is 436 g/mol. The number of ether oxygens (including phenoxy) is 1. The third-order valence-corrected chi connectivity index (χ3v) is 5.32. The summed E-state index contributed by atoms with van der Waals surface area (Å²) in [5.41, 5.74) is 4.05. The van der Waals surface area contributed by atoms with E-state index in [9.17, 15) is 9.59 Å². The summed E-state index contributed by atoms with van der Waals surface area (Å²) in [7, 11) is 1.60. The lowest BCUT2D eigenvalue weighted by atomic mass is 10.1. The highest BCUT2D eigenvalue weighted by molar-refractivity contribution is 5.94. The topological polar surface area (TPSA) is 91.8 Å². The molecule has 32 heavy (non-hydrogen) atoms. The van der Waals surface area contributed by atoms with Gasteiger partial charge in [0, 0.05) is 18.2 Å². The SMILES string of the molecule is COc1ccccc1N(Cc1ccc2ccccc2n1)C(=O)CCCCCCC(=O)NO. The van der Waals surface area contributed by atoms with E-state index in [0.717, 1.165) is 41.5 Å². The molecule has 0 fully saturated rings. The fraction of sp³-hybridized carbons (Fsp3) is 0.320. The second-order valence-electron chi connectivity index (χ2n) is 7.60. The van der Waals surface area contributed by atoms with E-state index in [4.69, 9.17) is 14.9 Å². The minimum absolute atomic E-state index is 0.00226. The van der Waals surface area contributed by atoms with E-state index in [-0.39, 0.29) is 18.2 Å². The number of unbranched alkanes of at least 4 members (excludes halogenated alkanes) is 3. The van der Waals surface area contributed by atoms with E-state index in [1.807, 2.05) is 60.7 Å². The molecule has 2 aromatic carbocycles. The van der Waals surface area contributed by atoms with Crippen molar-refractivity contribution in [1.29, 1.82) is 0 Å². The van der Waals surface area contributed by atoms with Crippen molar-refractivity contribution >= 4 is 28.4 Å². The largest absolute Gasteiger partial charge is 0.495 e. The lowest BCUT2D eigenvalue weighted by molar-refractivity contribution is -0.129. The van der Waals surface area contributed by atoms with E-state index in [0.29, 0.717) is 25.1 Å². The zero-order valence-corrected chi connectivity index (χ0v) is 18.3. The van der Waals surface area contributed by atoms with Crippen LogP contribution in [0.25, 0.3) is 10.9 Å². The summed E-state index contributed by atoms with van der Waals surface area (Å²) in [5, 5.41) is 9.59. The fourth-order valence-electron chi connectivity index (χ4n) is 3.62. The van der Waals surface area contributed by atoms with Crippen LogP contribution in [0.5, 0.6) is 5.75 Å². The highest BCUT2D eigenvalue weighted by atomic mass is 16.5. The standard InChI is InChI=1S/C25H29N3O4/c1-32-23-13-9-8-12-22(23)28(25(30)15-5-3-2-4-14-24(29)27-31)18-20-17-16-19-10-6-7-11-21(19)26-20/h6-13,16-17,31H,2-5,14-15,18H2,1H3,(H,27,29). The molecule has 0 aliphatic heterocycles. The smallest absolute Gasteiger partial charge is 0.243 e. The Balaban J connectivity index is 1.70. The Bertz CT molecular complexity index is 1050. The number of benzene rings is 2. The number of nitrogens with zero attached hydrogens (tertiary/aromatic N) is 2. The van der Waals surface area contributed by atoms with Crippen molar-refractivity contribution in [3.8, 4) is 5.75 Å². The van der Waals surface area contributed by atoms with Gasteiger partial charge in [0.2, 0.25) is 11.8 Å². The van der Waals surface area contributed by atoms with Crippen molar-refractivity contribution in [3.63, 3.8) is 0 Å². The Kier molecular flexibility index (Phi) is 8.57. The fourth-order valence-corrected chi connectivity index (χ4v) is 3.62. The van der Waals surface area contributed by atoms with E-state index in [1.54, 1.807) is 17.5 Å². The van der Waals surface area contributed by atoms with Crippen molar-refractivity contribution in [2.75, 3.05) is 12.0 Å². The van der Waals surface area contributed by atoms with Gasteiger partial charge in [0.1, 0.15) is 5.75 Å². The molecule has 2 N–H and O–H groups in total. The molecule has 7 nitrogen and oxygen atoms in total. The maximum Gasteiger partial charge on any atom is 0.243 e. The van der Waals surface area contributed by atoms with Crippen molar-refractivity contribution < 1.29 is 19.5 Å². The van der Waals surface area contributed by atoms with E-state index >= 15 is 0 Å². The van der Waals surface area contributed by atoms with Gasteiger partial charge in [-0.2, -0.15) is 0 Å². The highest BCUT2D eigenvalue weighted by Gasteiger charge is 2.20. The normalized spacial score (nSPS) is 10.7. The Morgan fingerprint density at radius 3 is 2.44 bits per heavy atom. The minimum atomic E-state index is -0.383. The van der Waals surface area contributed by atoms with Gasteiger partial charge in [0.15, 0.2) is 0 Å². The molecule has 0 unspecified atom stereocenters. The Morgan fingerprint density at radius 1 is 0.938 bits per heavy atom. The maximum absolute atomic E-state index is 13.2. The molecule has 3 rings (SSSR count). The molecule has 7 heteroatoms. The molecule has 1 aromatic heterocycles. The van der Waals surface area contributed by atoms with Gasteiger partial charge in [0.25, 0.3) is 0 Å². The number of anilines is 1. The summed E-state index contributed by atoms with van der Waals surface area (Å²) in [6.45, 7) is 0.348.